The van der Waals surface area contributed by atoms with Gasteiger partial charge in [0, 0.05) is 11.9 Å². The van der Waals surface area contributed by atoms with E-state index in [0.29, 0.717) is 18.3 Å². The van der Waals surface area contributed by atoms with Gasteiger partial charge in [0.2, 0.25) is 8.46 Å². The molecule has 35 heavy (non-hydrogen) atoms. The maximum Gasteiger partial charge on any atom is 0.377 e. The Kier molecular flexibility index (Phi) is 24.0. The average molecular weight is 537 g/mol. The van der Waals surface area contributed by atoms with Crippen molar-refractivity contribution in [2.75, 3.05) is 19.0 Å². The summed E-state index contributed by atoms with van der Waals surface area (Å²) in [6.45, 7) is 7.01. The van der Waals surface area contributed by atoms with Gasteiger partial charge in [-0.05, 0) is 31.9 Å². The minimum absolute atomic E-state index is 0.0292. The summed E-state index contributed by atoms with van der Waals surface area (Å²) in [6.07, 6.45) is 21.5. The molecule has 208 valence electrons. The van der Waals surface area contributed by atoms with E-state index in [2.05, 4.69) is 20.8 Å². The van der Waals surface area contributed by atoms with E-state index >= 15 is 0 Å². The number of unbranched alkanes of at least 4 members (excludes halogenated alkanes) is 13. The van der Waals surface area contributed by atoms with Crippen molar-refractivity contribution in [3.63, 3.8) is 0 Å². The van der Waals surface area contributed by atoms with Crippen LogP contribution >= 0.6 is 20.2 Å². The number of ether oxygens (including phenoxy) is 2. The van der Waals surface area contributed by atoms with Gasteiger partial charge >= 0.3 is 11.5 Å². The first-order chi connectivity index (χ1) is 16.9. The molecule has 3 unspecified atom stereocenters. The van der Waals surface area contributed by atoms with Crippen molar-refractivity contribution in [1.29, 1.82) is 0 Å². The zero-order chi connectivity index (χ0) is 26.2. The predicted molar refractivity (Wildman–Crippen MR) is 148 cm³/mol. The number of rotatable bonds is 27. The molecule has 0 aliphatic carbocycles. The average Bonchev–Trinajstić information content (AvgIpc) is 2.85. The molecule has 0 radical (unpaired) electrons. The van der Waals surface area contributed by atoms with Gasteiger partial charge in [-0.3, -0.25) is 4.57 Å². The first-order valence-corrected chi connectivity index (χ1v) is 15.9. The highest BCUT2D eigenvalue weighted by molar-refractivity contribution is 7.99. The molecule has 0 saturated heterocycles. The smallest absolute Gasteiger partial charge is 0.377 e. The standard InChI is InChI=1S/C27H53O6PS/c1-4-6-8-10-12-14-16-18-23-35-25(20-17-15-13-11-9-7-5-2)24(3)32-21-19-22-33-27(30,34-31)26(28)29/h24-25,30H,4-23H2,1-3H3,(H,28,29). The quantitative estimate of drug-likeness (QED) is 0.0621. The summed E-state index contributed by atoms with van der Waals surface area (Å²) in [5.74, 6) is -0.489. The van der Waals surface area contributed by atoms with Crippen molar-refractivity contribution < 1.29 is 29.0 Å². The zero-order valence-electron chi connectivity index (χ0n) is 22.7. The van der Waals surface area contributed by atoms with Crippen LogP contribution in [-0.2, 0) is 18.8 Å². The Bertz CT molecular complexity index is 510. The number of aliphatic carboxylic acids is 1. The molecule has 0 bridgehead atoms. The van der Waals surface area contributed by atoms with Crippen molar-refractivity contribution in [1.82, 2.24) is 0 Å². The maximum atomic E-state index is 10.9. The van der Waals surface area contributed by atoms with E-state index in [-0.39, 0.29) is 12.7 Å². The van der Waals surface area contributed by atoms with Crippen molar-refractivity contribution >= 4 is 26.2 Å². The Balaban J connectivity index is 4.28. The van der Waals surface area contributed by atoms with E-state index in [9.17, 15) is 14.5 Å². The lowest BCUT2D eigenvalue weighted by Crippen LogP contribution is -2.36. The Morgan fingerprint density at radius 2 is 1.34 bits per heavy atom. The molecule has 6 nitrogen and oxygen atoms in total. The molecule has 0 aromatic rings. The third-order valence-electron chi connectivity index (χ3n) is 6.32. The molecule has 0 spiro atoms. The fourth-order valence-corrected chi connectivity index (χ4v) is 5.58. The fourth-order valence-electron chi connectivity index (χ4n) is 4.00. The summed E-state index contributed by atoms with van der Waals surface area (Å²) < 4.78 is 21.8. The molecule has 3 atom stereocenters. The van der Waals surface area contributed by atoms with Crippen LogP contribution in [0.4, 0.5) is 0 Å². The van der Waals surface area contributed by atoms with Crippen LogP contribution in [0, 0.1) is 0 Å². The van der Waals surface area contributed by atoms with Gasteiger partial charge in [-0.25, -0.2) is 4.79 Å². The minimum Gasteiger partial charge on any atom is -0.477 e. The van der Waals surface area contributed by atoms with Gasteiger partial charge in [0.25, 0.3) is 0 Å². The number of thioether (sulfide) groups is 1. The van der Waals surface area contributed by atoms with E-state index in [1.165, 1.54) is 102 Å². The van der Waals surface area contributed by atoms with Crippen molar-refractivity contribution in [3.05, 3.63) is 0 Å². The lowest BCUT2D eigenvalue weighted by Gasteiger charge is -2.24. The highest BCUT2D eigenvalue weighted by Gasteiger charge is 2.38. The van der Waals surface area contributed by atoms with Crippen LogP contribution in [0.1, 0.15) is 130 Å². The molecule has 2 N–H and O–H groups in total. The van der Waals surface area contributed by atoms with E-state index < -0.39 is 20.0 Å². The zero-order valence-corrected chi connectivity index (χ0v) is 24.4. The highest BCUT2D eigenvalue weighted by atomic mass is 32.2. The number of aliphatic hydroxyl groups is 1. The molecule has 8 heteroatoms. The van der Waals surface area contributed by atoms with Crippen LogP contribution in [0.3, 0.4) is 0 Å². The van der Waals surface area contributed by atoms with Crippen LogP contribution in [0.2, 0.25) is 0 Å². The summed E-state index contributed by atoms with van der Waals surface area (Å²) in [7, 11) is -0.976. The van der Waals surface area contributed by atoms with Gasteiger partial charge in [0.15, 0.2) is 0 Å². The number of hydrogen-bond acceptors (Lipinski definition) is 6. The molecule has 0 heterocycles. The number of hydrogen-bond donors (Lipinski definition) is 2. The summed E-state index contributed by atoms with van der Waals surface area (Å²) >= 11 is 2.03. The first-order valence-electron chi connectivity index (χ1n) is 14.1. The summed E-state index contributed by atoms with van der Waals surface area (Å²) in [6, 6.07) is 0. The van der Waals surface area contributed by atoms with Gasteiger partial charge in [-0.2, -0.15) is 11.8 Å². The molecular weight excluding hydrogens is 483 g/mol. The SMILES string of the molecule is CCCCCCCCCCSC(CCCCCCCCC)C(C)OCCCOC(O)(P=O)C(=O)O. The van der Waals surface area contributed by atoms with Crippen molar-refractivity contribution in [2.45, 2.75) is 147 Å². The van der Waals surface area contributed by atoms with Crippen LogP contribution in [0.25, 0.3) is 0 Å². The van der Waals surface area contributed by atoms with Gasteiger partial charge in [-0.15, -0.1) is 0 Å². The van der Waals surface area contributed by atoms with Gasteiger partial charge in [0.1, 0.15) is 0 Å². The lowest BCUT2D eigenvalue weighted by molar-refractivity contribution is -0.190. The molecule has 0 saturated carbocycles. The Labute approximate surface area is 220 Å². The molecule has 0 amide bonds. The largest absolute Gasteiger partial charge is 0.477 e. The van der Waals surface area contributed by atoms with Crippen LogP contribution in [0.5, 0.6) is 0 Å². The van der Waals surface area contributed by atoms with E-state index in [1.807, 2.05) is 11.8 Å². The highest BCUT2D eigenvalue weighted by Crippen LogP contribution is 2.26. The first kappa shape index (κ1) is 34.8. The molecule has 0 aliphatic rings. The Morgan fingerprint density at radius 1 is 0.829 bits per heavy atom. The van der Waals surface area contributed by atoms with Gasteiger partial charge in [-0.1, -0.05) is 104 Å². The molecule has 0 aliphatic heterocycles. The number of carboxylic acids is 1. The second kappa shape index (κ2) is 24.2. The van der Waals surface area contributed by atoms with Crippen LogP contribution < -0.4 is 0 Å². The monoisotopic (exact) mass is 536 g/mol. The van der Waals surface area contributed by atoms with E-state index in [1.54, 1.807) is 0 Å². The predicted octanol–water partition coefficient (Wildman–Crippen LogP) is 8.20. The molecular formula is C27H53O6PS. The summed E-state index contributed by atoms with van der Waals surface area (Å²) in [4.78, 5) is 10.9. The number of carbonyl (C=O) groups is 1. The van der Waals surface area contributed by atoms with Gasteiger partial charge < -0.3 is 19.7 Å². The maximum absolute atomic E-state index is 10.9. The molecule has 0 rings (SSSR count). The Morgan fingerprint density at radius 3 is 1.86 bits per heavy atom. The normalized spacial score (nSPS) is 15.2. The fraction of sp³-hybridized carbons (Fsp3) is 0.963. The van der Waals surface area contributed by atoms with Gasteiger partial charge in [0.05, 0.1) is 12.7 Å². The summed E-state index contributed by atoms with van der Waals surface area (Å²) in [5, 5.41) is 18.9. The topological polar surface area (TPSA) is 93.1 Å². The number of carboxylic acid groups (broad SMARTS) is 1. The molecule has 0 fully saturated rings. The lowest BCUT2D eigenvalue weighted by atomic mass is 10.1. The third kappa shape index (κ3) is 19.6. The van der Waals surface area contributed by atoms with E-state index in [0.717, 1.165) is 6.42 Å². The van der Waals surface area contributed by atoms with Crippen LogP contribution in [0.15, 0.2) is 0 Å². The second-order valence-corrected chi connectivity index (χ2v) is 11.7. The summed E-state index contributed by atoms with van der Waals surface area (Å²) in [5.41, 5.74) is -2.67. The van der Waals surface area contributed by atoms with Crippen molar-refractivity contribution in [3.8, 4) is 0 Å². The third-order valence-corrected chi connectivity index (χ3v) is 8.46. The van der Waals surface area contributed by atoms with E-state index in [4.69, 9.17) is 14.6 Å². The Hall–Kier alpha value is -0.200. The minimum atomic E-state index is -2.67. The molecule has 0 aromatic heterocycles. The molecule has 0 aromatic carbocycles. The van der Waals surface area contributed by atoms with Crippen molar-refractivity contribution in [2.24, 2.45) is 0 Å². The van der Waals surface area contributed by atoms with Crippen LogP contribution in [-0.4, -0.2) is 52.0 Å². The second-order valence-electron chi connectivity index (χ2n) is 9.58.